The van der Waals surface area contributed by atoms with Crippen molar-refractivity contribution < 1.29 is 22.5 Å². The molecule has 1 atom stereocenters. The van der Waals surface area contributed by atoms with Gasteiger partial charge < -0.3 is 9.42 Å². The molecule has 2 amide bonds. The number of amides is 2. The van der Waals surface area contributed by atoms with Gasteiger partial charge in [0.25, 0.3) is 15.9 Å². The van der Waals surface area contributed by atoms with E-state index in [1.807, 2.05) is 24.3 Å². The normalized spacial score (nSPS) is 19.1. The van der Waals surface area contributed by atoms with Gasteiger partial charge >= 0.3 is 0 Å². The van der Waals surface area contributed by atoms with Crippen molar-refractivity contribution in [3.63, 3.8) is 0 Å². The fraction of sp³-hybridized carbons (Fsp3) is 0.500. The van der Waals surface area contributed by atoms with E-state index in [9.17, 15) is 18.0 Å². The van der Waals surface area contributed by atoms with Crippen molar-refractivity contribution in [3.05, 3.63) is 46.8 Å². The number of nitrogens with one attached hydrogen (secondary N) is 1. The molecule has 8 nitrogen and oxygen atoms in total. The summed E-state index contributed by atoms with van der Waals surface area (Å²) < 4.78 is 32.3. The molecule has 1 saturated heterocycles. The molecule has 1 unspecified atom stereocenters. The number of rotatable bonds is 5. The maximum Gasteiger partial charge on any atom is 0.269 e. The number of aryl methyl sites for hydroxylation is 2. The molecule has 1 aliphatic rings. The average Bonchev–Trinajstić information content (AvgIpc) is 2.98. The van der Waals surface area contributed by atoms with E-state index in [4.69, 9.17) is 4.52 Å². The largest absolute Gasteiger partial charge is 0.360 e. The highest BCUT2D eigenvalue weighted by atomic mass is 32.2. The molecule has 0 saturated carbocycles. The van der Waals surface area contributed by atoms with E-state index in [0.717, 1.165) is 5.56 Å². The summed E-state index contributed by atoms with van der Waals surface area (Å²) in [6, 6.07) is 7.83. The van der Waals surface area contributed by atoms with Crippen LogP contribution in [0.3, 0.4) is 0 Å². The minimum Gasteiger partial charge on any atom is -0.360 e. The van der Waals surface area contributed by atoms with E-state index in [2.05, 4.69) is 30.6 Å². The standard InChI is InChI=1S/C22H29N3O5S/c1-14-19(15(2)30-23-14)31(28,29)24-20(27)22(6)11-12-25(22)18(26)13-16-7-9-17(10-8-16)21(3,4)5/h7-10H,11-13H2,1-6H3,(H,24,27). The molecule has 1 N–H and O–H groups in total. The SMILES string of the molecule is Cc1noc(C)c1S(=O)(=O)NC(=O)C1(C)CCN1C(=O)Cc1ccc(C(C)(C)C)cc1. The van der Waals surface area contributed by atoms with Crippen LogP contribution < -0.4 is 4.72 Å². The van der Waals surface area contributed by atoms with E-state index in [0.29, 0.717) is 13.0 Å². The van der Waals surface area contributed by atoms with Crippen molar-refractivity contribution in [2.45, 2.75) is 70.2 Å². The van der Waals surface area contributed by atoms with Gasteiger partial charge in [-0.2, -0.15) is 0 Å². The molecular weight excluding hydrogens is 418 g/mol. The lowest BCUT2D eigenvalue weighted by Crippen LogP contribution is -2.68. The van der Waals surface area contributed by atoms with Crippen molar-refractivity contribution in [1.29, 1.82) is 0 Å². The summed E-state index contributed by atoms with van der Waals surface area (Å²) in [7, 11) is -4.16. The number of carbonyl (C=O) groups excluding carboxylic acids is 2. The summed E-state index contributed by atoms with van der Waals surface area (Å²) in [5, 5.41) is 3.63. The number of likely N-dealkylation sites (tertiary alicyclic amines) is 1. The van der Waals surface area contributed by atoms with Gasteiger partial charge in [-0.25, -0.2) is 13.1 Å². The second-order valence-electron chi connectivity index (χ2n) is 9.28. The Balaban J connectivity index is 1.71. The third-order valence-electron chi connectivity index (χ3n) is 5.85. The first-order valence-electron chi connectivity index (χ1n) is 10.2. The van der Waals surface area contributed by atoms with E-state index in [-0.39, 0.29) is 34.1 Å². The Kier molecular flexibility index (Phi) is 5.77. The molecule has 1 aliphatic heterocycles. The molecule has 9 heteroatoms. The van der Waals surface area contributed by atoms with Crippen LogP contribution in [0.1, 0.15) is 56.7 Å². The van der Waals surface area contributed by atoms with Gasteiger partial charge in [-0.3, -0.25) is 9.59 Å². The Labute approximate surface area is 183 Å². The quantitative estimate of drug-likeness (QED) is 0.755. The molecule has 1 fully saturated rings. The van der Waals surface area contributed by atoms with Gasteiger partial charge in [-0.05, 0) is 43.7 Å². The third-order valence-corrected chi connectivity index (χ3v) is 7.42. The summed E-state index contributed by atoms with van der Waals surface area (Å²) in [4.78, 5) is 27.0. The predicted molar refractivity (Wildman–Crippen MR) is 115 cm³/mol. The minimum atomic E-state index is -4.16. The van der Waals surface area contributed by atoms with Gasteiger partial charge in [-0.15, -0.1) is 0 Å². The highest BCUT2D eigenvalue weighted by Crippen LogP contribution is 2.32. The maximum absolute atomic E-state index is 12.9. The maximum atomic E-state index is 12.9. The summed E-state index contributed by atoms with van der Waals surface area (Å²) >= 11 is 0. The van der Waals surface area contributed by atoms with E-state index in [1.54, 1.807) is 6.92 Å². The zero-order chi connectivity index (χ0) is 23.2. The Morgan fingerprint density at radius 2 is 1.81 bits per heavy atom. The van der Waals surface area contributed by atoms with Gasteiger partial charge in [0.15, 0.2) is 10.7 Å². The molecule has 0 aliphatic carbocycles. The number of benzene rings is 1. The van der Waals surface area contributed by atoms with E-state index >= 15 is 0 Å². The van der Waals surface area contributed by atoms with Crippen molar-refractivity contribution in [3.8, 4) is 0 Å². The van der Waals surface area contributed by atoms with Gasteiger partial charge in [0.05, 0.1) is 6.42 Å². The van der Waals surface area contributed by atoms with Gasteiger partial charge in [0.1, 0.15) is 11.2 Å². The Morgan fingerprint density at radius 3 is 2.26 bits per heavy atom. The molecule has 168 valence electrons. The lowest BCUT2D eigenvalue weighted by atomic mass is 9.84. The first kappa shape index (κ1) is 23.0. The summed E-state index contributed by atoms with van der Waals surface area (Å²) in [6.45, 7) is 11.3. The third kappa shape index (κ3) is 4.37. The number of sulfonamides is 1. The second-order valence-corrected chi connectivity index (χ2v) is 10.9. The lowest BCUT2D eigenvalue weighted by molar-refractivity contribution is -0.156. The summed E-state index contributed by atoms with van der Waals surface area (Å²) in [5.74, 6) is -0.861. The molecular formula is C22H29N3O5S. The first-order valence-corrected chi connectivity index (χ1v) is 11.6. The molecule has 0 bridgehead atoms. The summed E-state index contributed by atoms with van der Waals surface area (Å²) in [6.07, 6.45) is 0.522. The molecule has 1 aromatic carbocycles. The van der Waals surface area contributed by atoms with Crippen LogP contribution in [-0.4, -0.2) is 42.4 Å². The molecule has 0 spiro atoms. The van der Waals surface area contributed by atoms with Crippen LogP contribution in [0.5, 0.6) is 0 Å². The smallest absolute Gasteiger partial charge is 0.269 e. The number of hydrogen-bond donors (Lipinski definition) is 1. The number of hydrogen-bond acceptors (Lipinski definition) is 6. The average molecular weight is 448 g/mol. The molecule has 2 heterocycles. The zero-order valence-electron chi connectivity index (χ0n) is 18.8. The topological polar surface area (TPSA) is 110 Å². The minimum absolute atomic E-state index is 0.0172. The van der Waals surface area contributed by atoms with Crippen LogP contribution >= 0.6 is 0 Å². The fourth-order valence-electron chi connectivity index (χ4n) is 3.73. The number of carbonyl (C=O) groups is 2. The van der Waals surface area contributed by atoms with Crippen molar-refractivity contribution in [2.24, 2.45) is 0 Å². The second kappa shape index (κ2) is 7.78. The van der Waals surface area contributed by atoms with Crippen LogP contribution in [0.15, 0.2) is 33.7 Å². The predicted octanol–water partition coefficient (Wildman–Crippen LogP) is 2.63. The highest BCUT2D eigenvalue weighted by Gasteiger charge is 2.50. The monoisotopic (exact) mass is 447 g/mol. The molecule has 1 aromatic heterocycles. The van der Waals surface area contributed by atoms with Crippen LogP contribution in [0.25, 0.3) is 0 Å². The van der Waals surface area contributed by atoms with Gasteiger partial charge in [0, 0.05) is 6.54 Å². The van der Waals surface area contributed by atoms with Crippen LogP contribution in [0, 0.1) is 13.8 Å². The van der Waals surface area contributed by atoms with Crippen molar-refractivity contribution >= 4 is 21.8 Å². The van der Waals surface area contributed by atoms with Crippen LogP contribution in [0.2, 0.25) is 0 Å². The van der Waals surface area contributed by atoms with Crippen molar-refractivity contribution in [1.82, 2.24) is 14.8 Å². The van der Waals surface area contributed by atoms with E-state index < -0.39 is 21.5 Å². The Hall–Kier alpha value is -2.68. The fourth-order valence-corrected chi connectivity index (χ4v) is 5.14. The van der Waals surface area contributed by atoms with Crippen LogP contribution in [0.4, 0.5) is 0 Å². The zero-order valence-corrected chi connectivity index (χ0v) is 19.6. The van der Waals surface area contributed by atoms with Crippen molar-refractivity contribution in [2.75, 3.05) is 6.54 Å². The number of nitrogens with zero attached hydrogens (tertiary/aromatic N) is 2. The van der Waals surface area contributed by atoms with E-state index in [1.165, 1.54) is 24.3 Å². The van der Waals surface area contributed by atoms with Gasteiger partial charge in [-0.1, -0.05) is 50.2 Å². The van der Waals surface area contributed by atoms with Crippen LogP contribution in [-0.2, 0) is 31.4 Å². The molecule has 3 rings (SSSR count). The molecule has 2 aromatic rings. The number of aromatic nitrogens is 1. The summed E-state index contributed by atoms with van der Waals surface area (Å²) in [5.41, 5.74) is 0.971. The molecule has 31 heavy (non-hydrogen) atoms. The molecule has 0 radical (unpaired) electrons. The lowest BCUT2D eigenvalue weighted by Gasteiger charge is -2.49. The highest BCUT2D eigenvalue weighted by molar-refractivity contribution is 7.90. The first-order chi connectivity index (χ1) is 14.3. The Bertz CT molecular complexity index is 1090. The Morgan fingerprint density at radius 1 is 1.19 bits per heavy atom. The van der Waals surface area contributed by atoms with Gasteiger partial charge in [0.2, 0.25) is 5.91 Å².